The van der Waals surface area contributed by atoms with Crippen molar-refractivity contribution in [3.63, 3.8) is 0 Å². The maximum absolute atomic E-state index is 12.4. The molecule has 4 aromatic rings. The third-order valence-electron chi connectivity index (χ3n) is 4.89. The average Bonchev–Trinajstić information content (AvgIpc) is 3.21. The van der Waals surface area contributed by atoms with Crippen LogP contribution < -0.4 is 15.5 Å². The van der Waals surface area contributed by atoms with Crippen molar-refractivity contribution in [2.45, 2.75) is 30.9 Å². The molecular weight excluding hydrogens is 444 g/mol. The maximum Gasteiger partial charge on any atom is 0.264 e. The molecular formula is C23H22N4O3S2. The van der Waals surface area contributed by atoms with Crippen LogP contribution in [-0.2, 0) is 10.5 Å². The number of nitrogens with zero attached hydrogens (tertiary/aromatic N) is 2. The third kappa shape index (κ3) is 5.35. The van der Waals surface area contributed by atoms with Crippen LogP contribution in [-0.4, -0.2) is 27.7 Å². The smallest absolute Gasteiger partial charge is 0.264 e. The van der Waals surface area contributed by atoms with Gasteiger partial charge in [0.25, 0.3) is 5.91 Å². The van der Waals surface area contributed by atoms with Crippen molar-refractivity contribution in [2.24, 2.45) is 0 Å². The van der Waals surface area contributed by atoms with Crippen LogP contribution >= 0.6 is 23.1 Å². The summed E-state index contributed by atoms with van der Waals surface area (Å²) < 4.78 is 6.24. The summed E-state index contributed by atoms with van der Waals surface area (Å²) in [4.78, 5) is 27.8. The summed E-state index contributed by atoms with van der Waals surface area (Å²) in [6.45, 7) is 5.87. The highest BCUT2D eigenvalue weighted by molar-refractivity contribution is 8.00. The molecule has 1 amide bonds. The van der Waals surface area contributed by atoms with Crippen molar-refractivity contribution in [1.82, 2.24) is 15.2 Å². The van der Waals surface area contributed by atoms with E-state index in [0.717, 1.165) is 22.3 Å². The van der Waals surface area contributed by atoms with Crippen LogP contribution in [0.4, 0.5) is 5.13 Å². The second-order valence-corrected chi connectivity index (χ2v) is 9.65. The molecule has 164 valence electrons. The number of aryl methyl sites for hydroxylation is 3. The average molecular weight is 467 g/mol. The van der Waals surface area contributed by atoms with Crippen LogP contribution in [0.15, 0.2) is 51.6 Å². The molecule has 9 heteroatoms. The van der Waals surface area contributed by atoms with E-state index in [-0.39, 0.29) is 17.9 Å². The molecule has 0 aliphatic carbocycles. The van der Waals surface area contributed by atoms with Gasteiger partial charge in [0.05, 0.1) is 0 Å². The lowest BCUT2D eigenvalue weighted by atomic mass is 10.1. The molecule has 0 spiro atoms. The van der Waals surface area contributed by atoms with Gasteiger partial charge in [-0.1, -0.05) is 40.8 Å². The van der Waals surface area contributed by atoms with Gasteiger partial charge in [-0.2, -0.15) is 0 Å². The number of carbonyl (C=O) groups is 1. The van der Waals surface area contributed by atoms with Gasteiger partial charge in [0.1, 0.15) is 5.75 Å². The number of amides is 1. The lowest BCUT2D eigenvalue weighted by Gasteiger charge is -2.07. The molecule has 0 atom stereocenters. The van der Waals surface area contributed by atoms with Crippen LogP contribution in [0.2, 0.25) is 0 Å². The normalized spacial score (nSPS) is 11.0. The first-order valence-electron chi connectivity index (χ1n) is 9.96. The summed E-state index contributed by atoms with van der Waals surface area (Å²) in [5.74, 6) is 0.888. The van der Waals surface area contributed by atoms with Gasteiger partial charge in [-0.05, 0) is 56.2 Å². The van der Waals surface area contributed by atoms with Gasteiger partial charge in [0.2, 0.25) is 5.13 Å². The van der Waals surface area contributed by atoms with Crippen LogP contribution in [0.1, 0.15) is 22.4 Å². The van der Waals surface area contributed by atoms with Crippen LogP contribution in [0.5, 0.6) is 5.75 Å². The first kappa shape index (κ1) is 22.0. The number of aromatic nitrogens is 3. The predicted molar refractivity (Wildman–Crippen MR) is 129 cm³/mol. The third-order valence-corrected chi connectivity index (χ3v) is 6.91. The van der Waals surface area contributed by atoms with Gasteiger partial charge in [0.15, 0.2) is 16.4 Å². The topological polar surface area (TPSA) is 97.0 Å². The molecule has 0 aliphatic rings. The van der Waals surface area contributed by atoms with Gasteiger partial charge >= 0.3 is 0 Å². The number of ether oxygens (including phenoxy) is 1. The summed E-state index contributed by atoms with van der Waals surface area (Å²) in [7, 11) is 0. The Morgan fingerprint density at radius 2 is 1.94 bits per heavy atom. The predicted octanol–water partition coefficient (Wildman–Crippen LogP) is 4.61. The van der Waals surface area contributed by atoms with Gasteiger partial charge in [-0.3, -0.25) is 14.9 Å². The van der Waals surface area contributed by atoms with E-state index in [2.05, 4.69) is 20.5 Å². The summed E-state index contributed by atoms with van der Waals surface area (Å²) in [6.07, 6.45) is 0. The Kier molecular flexibility index (Phi) is 6.57. The lowest BCUT2D eigenvalue weighted by Crippen LogP contribution is -2.20. The Morgan fingerprint density at radius 3 is 2.75 bits per heavy atom. The van der Waals surface area contributed by atoms with Gasteiger partial charge in [0, 0.05) is 28.4 Å². The number of nitrogens with one attached hydrogen (secondary N) is 2. The SMILES string of the molecule is Cc1ccc2[nH]c(CSc3nnc(NC(=O)COc4ccc(C)c(C)c4)s3)cc(=O)c2c1. The molecule has 2 aromatic heterocycles. The van der Waals surface area contributed by atoms with Gasteiger partial charge in [-0.25, -0.2) is 0 Å². The number of benzene rings is 2. The minimum absolute atomic E-state index is 0.00737. The molecule has 2 heterocycles. The fraction of sp³-hybridized carbons (Fsp3) is 0.217. The fourth-order valence-electron chi connectivity index (χ4n) is 3.06. The zero-order chi connectivity index (χ0) is 22.7. The first-order chi connectivity index (χ1) is 15.4. The molecule has 0 aliphatic heterocycles. The van der Waals surface area contributed by atoms with Crippen molar-refractivity contribution in [1.29, 1.82) is 0 Å². The van der Waals surface area contributed by atoms with Crippen molar-refractivity contribution < 1.29 is 9.53 Å². The molecule has 32 heavy (non-hydrogen) atoms. The van der Waals surface area contributed by atoms with E-state index in [0.29, 0.717) is 26.4 Å². The van der Waals surface area contributed by atoms with Gasteiger partial charge < -0.3 is 9.72 Å². The van der Waals surface area contributed by atoms with E-state index >= 15 is 0 Å². The molecule has 0 saturated carbocycles. The standard InChI is InChI=1S/C23H22N4O3S2/c1-13-4-7-19-18(8-13)20(28)10-16(24-19)12-31-23-27-26-22(32-23)25-21(29)11-30-17-6-5-14(2)15(3)9-17/h4-10H,11-12H2,1-3H3,(H,24,28)(H,25,26,29). The zero-order valence-electron chi connectivity index (χ0n) is 17.9. The number of H-pyrrole nitrogens is 1. The number of anilines is 1. The highest BCUT2D eigenvalue weighted by atomic mass is 32.2. The number of carbonyl (C=O) groups excluding carboxylic acids is 1. The second-order valence-electron chi connectivity index (χ2n) is 7.45. The molecule has 2 aromatic carbocycles. The number of hydrogen-bond donors (Lipinski definition) is 2. The molecule has 0 saturated heterocycles. The lowest BCUT2D eigenvalue weighted by molar-refractivity contribution is -0.118. The van der Waals surface area contributed by atoms with E-state index < -0.39 is 0 Å². The Hall–Kier alpha value is -3.17. The Labute approximate surface area is 193 Å². The first-order valence-corrected chi connectivity index (χ1v) is 11.8. The summed E-state index contributed by atoms with van der Waals surface area (Å²) >= 11 is 2.72. The summed E-state index contributed by atoms with van der Waals surface area (Å²) in [5, 5.41) is 11.9. The van der Waals surface area contributed by atoms with Crippen molar-refractivity contribution in [3.05, 3.63) is 75.1 Å². The van der Waals surface area contributed by atoms with Crippen molar-refractivity contribution >= 4 is 45.0 Å². The maximum atomic E-state index is 12.4. The second kappa shape index (κ2) is 9.54. The molecule has 2 N–H and O–H groups in total. The molecule has 0 fully saturated rings. The van der Waals surface area contributed by atoms with E-state index in [1.807, 2.05) is 57.2 Å². The Bertz CT molecular complexity index is 1350. The van der Waals surface area contributed by atoms with E-state index in [9.17, 15) is 9.59 Å². The fourth-order valence-corrected chi connectivity index (χ4v) is 4.74. The van der Waals surface area contributed by atoms with E-state index in [1.165, 1.54) is 28.7 Å². The number of thioether (sulfide) groups is 1. The molecule has 7 nitrogen and oxygen atoms in total. The van der Waals surface area contributed by atoms with Crippen LogP contribution in [0, 0.1) is 20.8 Å². The zero-order valence-corrected chi connectivity index (χ0v) is 19.5. The highest BCUT2D eigenvalue weighted by Crippen LogP contribution is 2.28. The quantitative estimate of drug-likeness (QED) is 0.305. The largest absolute Gasteiger partial charge is 0.484 e. The molecule has 4 rings (SSSR count). The minimum Gasteiger partial charge on any atom is -0.484 e. The van der Waals surface area contributed by atoms with E-state index in [1.54, 1.807) is 6.07 Å². The Morgan fingerprint density at radius 1 is 1.09 bits per heavy atom. The number of hydrogen-bond acceptors (Lipinski definition) is 7. The Balaban J connectivity index is 1.32. The number of rotatable bonds is 7. The number of pyridine rings is 1. The highest BCUT2D eigenvalue weighted by Gasteiger charge is 2.11. The van der Waals surface area contributed by atoms with Crippen LogP contribution in [0.25, 0.3) is 10.9 Å². The summed E-state index contributed by atoms with van der Waals surface area (Å²) in [5.41, 5.74) is 4.94. The monoisotopic (exact) mass is 466 g/mol. The van der Waals surface area contributed by atoms with Crippen molar-refractivity contribution in [2.75, 3.05) is 11.9 Å². The van der Waals surface area contributed by atoms with Gasteiger partial charge in [-0.15, -0.1) is 10.2 Å². The molecule has 0 radical (unpaired) electrons. The molecule has 0 bridgehead atoms. The summed E-state index contributed by atoms with van der Waals surface area (Å²) in [6, 6.07) is 13.1. The minimum atomic E-state index is -0.301. The van der Waals surface area contributed by atoms with Crippen molar-refractivity contribution in [3.8, 4) is 5.75 Å². The van der Waals surface area contributed by atoms with E-state index in [4.69, 9.17) is 4.74 Å². The number of fused-ring (bicyclic) bond motifs is 1. The van der Waals surface area contributed by atoms with Crippen LogP contribution in [0.3, 0.4) is 0 Å². The molecule has 0 unspecified atom stereocenters. The number of aromatic amines is 1.